The molecule has 1 aliphatic heterocycles. The van der Waals surface area contributed by atoms with Gasteiger partial charge < -0.3 is 0 Å². The van der Waals surface area contributed by atoms with E-state index < -0.39 is 10.0 Å². The second-order valence-electron chi connectivity index (χ2n) is 6.60. The van der Waals surface area contributed by atoms with Gasteiger partial charge in [0.15, 0.2) is 0 Å². The van der Waals surface area contributed by atoms with Crippen LogP contribution in [0.25, 0.3) is 11.3 Å². The zero-order valence-electron chi connectivity index (χ0n) is 15.5. The van der Waals surface area contributed by atoms with E-state index in [0.717, 1.165) is 24.0 Å². The fourth-order valence-corrected chi connectivity index (χ4v) is 5.42. The minimum absolute atomic E-state index is 0.306. The maximum absolute atomic E-state index is 12.8. The van der Waals surface area contributed by atoms with E-state index in [0.29, 0.717) is 33.8 Å². The predicted octanol–water partition coefficient (Wildman–Crippen LogP) is 4.69. The number of nitrogens with zero attached hydrogens (tertiary/aromatic N) is 3. The van der Waals surface area contributed by atoms with Gasteiger partial charge in [-0.3, -0.25) is 5.43 Å². The summed E-state index contributed by atoms with van der Waals surface area (Å²) >= 11 is 7.27. The minimum atomic E-state index is -3.45. The Kier molecular flexibility index (Phi) is 5.96. The number of rotatable bonds is 6. The number of hydrazone groups is 1. The third-order valence-corrected chi connectivity index (χ3v) is 7.47. The van der Waals surface area contributed by atoms with Gasteiger partial charge in [-0.05, 0) is 42.7 Å². The third-order valence-electron chi connectivity index (χ3n) is 4.58. The Morgan fingerprint density at radius 1 is 1.14 bits per heavy atom. The highest BCUT2D eigenvalue weighted by atomic mass is 35.5. The number of benzene rings is 2. The molecule has 0 unspecified atom stereocenters. The van der Waals surface area contributed by atoms with Gasteiger partial charge in [0.2, 0.25) is 15.2 Å². The van der Waals surface area contributed by atoms with E-state index in [2.05, 4.69) is 15.5 Å². The molecule has 1 aliphatic rings. The number of aromatic nitrogens is 1. The number of nitrogens with one attached hydrogen (secondary N) is 1. The van der Waals surface area contributed by atoms with Crippen LogP contribution in [-0.4, -0.2) is 37.0 Å². The molecule has 2 aromatic carbocycles. The summed E-state index contributed by atoms with van der Waals surface area (Å²) in [7, 11) is -3.45. The van der Waals surface area contributed by atoms with Gasteiger partial charge in [-0.15, -0.1) is 11.3 Å². The van der Waals surface area contributed by atoms with Gasteiger partial charge in [-0.1, -0.05) is 35.9 Å². The average molecular weight is 447 g/mol. The first-order valence-electron chi connectivity index (χ1n) is 9.13. The normalized spacial score (nSPS) is 15.2. The van der Waals surface area contributed by atoms with E-state index in [9.17, 15) is 8.42 Å². The quantitative estimate of drug-likeness (QED) is 0.440. The van der Waals surface area contributed by atoms with Crippen molar-refractivity contribution in [2.75, 3.05) is 18.5 Å². The van der Waals surface area contributed by atoms with Crippen molar-refractivity contribution in [1.82, 2.24) is 9.29 Å². The molecule has 0 atom stereocenters. The molecule has 0 bridgehead atoms. The van der Waals surface area contributed by atoms with Gasteiger partial charge in [0, 0.05) is 29.1 Å². The number of hydrogen-bond acceptors (Lipinski definition) is 6. The fraction of sp³-hybridized carbons (Fsp3) is 0.200. The summed E-state index contributed by atoms with van der Waals surface area (Å²) in [6.07, 6.45) is 3.51. The summed E-state index contributed by atoms with van der Waals surface area (Å²) in [5.41, 5.74) is 5.29. The summed E-state index contributed by atoms with van der Waals surface area (Å²) in [5, 5.41) is 7.36. The van der Waals surface area contributed by atoms with Crippen molar-refractivity contribution in [3.05, 3.63) is 64.5 Å². The Hall–Kier alpha value is -2.26. The molecule has 1 N–H and O–H groups in total. The first-order valence-corrected chi connectivity index (χ1v) is 11.8. The van der Waals surface area contributed by atoms with Gasteiger partial charge in [-0.2, -0.15) is 9.41 Å². The standard InChI is InChI=1S/C20H19ClN4O2S2/c21-17-8-6-15(7-9-17)13-22-24-20-23-19(14-28-20)16-4-3-5-18(12-16)29(26,27)25-10-1-2-11-25/h3-9,12-14H,1-2,10-11H2,(H,23,24)/b22-13+. The minimum Gasteiger partial charge on any atom is -0.253 e. The van der Waals surface area contributed by atoms with Crippen LogP contribution in [-0.2, 0) is 10.0 Å². The van der Waals surface area contributed by atoms with Crippen LogP contribution in [0, 0.1) is 0 Å². The van der Waals surface area contributed by atoms with Crippen molar-refractivity contribution in [1.29, 1.82) is 0 Å². The number of hydrogen-bond donors (Lipinski definition) is 1. The van der Waals surface area contributed by atoms with Gasteiger partial charge in [-0.25, -0.2) is 13.4 Å². The lowest BCUT2D eigenvalue weighted by atomic mass is 10.2. The topological polar surface area (TPSA) is 74.7 Å². The number of sulfonamides is 1. The molecule has 6 nitrogen and oxygen atoms in total. The van der Waals surface area contributed by atoms with E-state index in [1.54, 1.807) is 40.9 Å². The van der Waals surface area contributed by atoms with Crippen LogP contribution in [0.1, 0.15) is 18.4 Å². The SMILES string of the molecule is O=S(=O)(c1cccc(-c2csc(N/N=C/c3ccc(Cl)cc3)n2)c1)N1CCCC1. The molecule has 3 aromatic rings. The van der Waals surface area contributed by atoms with E-state index >= 15 is 0 Å². The largest absolute Gasteiger partial charge is 0.253 e. The number of thiazole rings is 1. The summed E-state index contributed by atoms with van der Waals surface area (Å²) < 4.78 is 27.1. The summed E-state index contributed by atoms with van der Waals surface area (Å²) in [6.45, 7) is 1.17. The van der Waals surface area contributed by atoms with Crippen molar-refractivity contribution >= 4 is 44.3 Å². The van der Waals surface area contributed by atoms with E-state index in [4.69, 9.17) is 11.6 Å². The van der Waals surface area contributed by atoms with Crippen molar-refractivity contribution in [2.24, 2.45) is 5.10 Å². The predicted molar refractivity (Wildman–Crippen MR) is 118 cm³/mol. The fourth-order valence-electron chi connectivity index (χ4n) is 3.06. The zero-order chi connectivity index (χ0) is 20.3. The van der Waals surface area contributed by atoms with Crippen molar-refractivity contribution < 1.29 is 8.42 Å². The lowest BCUT2D eigenvalue weighted by molar-refractivity contribution is 0.477. The van der Waals surface area contributed by atoms with Gasteiger partial charge in [0.1, 0.15) is 0 Å². The summed E-state index contributed by atoms with van der Waals surface area (Å²) in [4.78, 5) is 4.82. The Labute approximate surface area is 178 Å². The molecule has 0 saturated carbocycles. The molecule has 1 aromatic heterocycles. The smallest absolute Gasteiger partial charge is 0.243 e. The first-order chi connectivity index (χ1) is 14.0. The highest BCUT2D eigenvalue weighted by Gasteiger charge is 2.27. The molecule has 2 heterocycles. The maximum atomic E-state index is 12.8. The molecule has 1 saturated heterocycles. The number of anilines is 1. The van der Waals surface area contributed by atoms with Crippen LogP contribution in [0.5, 0.6) is 0 Å². The summed E-state index contributed by atoms with van der Waals surface area (Å²) in [6, 6.07) is 14.3. The van der Waals surface area contributed by atoms with Crippen LogP contribution in [0.2, 0.25) is 5.02 Å². The molecule has 1 fully saturated rings. The van der Waals surface area contributed by atoms with E-state index in [-0.39, 0.29) is 0 Å². The van der Waals surface area contributed by atoms with Crippen LogP contribution in [0.4, 0.5) is 5.13 Å². The lowest BCUT2D eigenvalue weighted by Gasteiger charge is -2.15. The first kappa shape index (κ1) is 20.0. The van der Waals surface area contributed by atoms with Crippen LogP contribution >= 0.6 is 22.9 Å². The Balaban J connectivity index is 1.48. The number of halogens is 1. The van der Waals surface area contributed by atoms with E-state index in [1.165, 1.54) is 11.3 Å². The zero-order valence-corrected chi connectivity index (χ0v) is 17.8. The Bertz CT molecular complexity index is 1120. The monoisotopic (exact) mass is 446 g/mol. The highest BCUT2D eigenvalue weighted by Crippen LogP contribution is 2.28. The lowest BCUT2D eigenvalue weighted by Crippen LogP contribution is -2.27. The molecule has 0 aliphatic carbocycles. The molecular weight excluding hydrogens is 428 g/mol. The Morgan fingerprint density at radius 2 is 1.90 bits per heavy atom. The van der Waals surface area contributed by atoms with Crippen LogP contribution in [0.15, 0.2) is 63.9 Å². The van der Waals surface area contributed by atoms with Gasteiger partial charge >= 0.3 is 0 Å². The second kappa shape index (κ2) is 8.62. The maximum Gasteiger partial charge on any atom is 0.243 e. The molecule has 0 radical (unpaired) electrons. The molecule has 9 heteroatoms. The van der Waals surface area contributed by atoms with Gasteiger partial charge in [0.05, 0.1) is 16.8 Å². The highest BCUT2D eigenvalue weighted by molar-refractivity contribution is 7.89. The van der Waals surface area contributed by atoms with Crippen molar-refractivity contribution in [2.45, 2.75) is 17.7 Å². The second-order valence-corrected chi connectivity index (χ2v) is 9.83. The third kappa shape index (κ3) is 4.67. The molecule has 150 valence electrons. The van der Waals surface area contributed by atoms with Crippen molar-refractivity contribution in [3.63, 3.8) is 0 Å². The van der Waals surface area contributed by atoms with E-state index in [1.807, 2.05) is 23.6 Å². The molecular formula is C20H19ClN4O2S2. The molecule has 0 spiro atoms. The van der Waals surface area contributed by atoms with Gasteiger partial charge in [0.25, 0.3) is 0 Å². The average Bonchev–Trinajstić information content (AvgIpc) is 3.42. The molecule has 0 amide bonds. The molecule has 29 heavy (non-hydrogen) atoms. The molecule has 4 rings (SSSR count). The Morgan fingerprint density at radius 3 is 2.66 bits per heavy atom. The summed E-state index contributed by atoms with van der Waals surface area (Å²) in [5.74, 6) is 0. The van der Waals surface area contributed by atoms with Crippen molar-refractivity contribution in [3.8, 4) is 11.3 Å². The van der Waals surface area contributed by atoms with Crippen LogP contribution in [0.3, 0.4) is 0 Å². The van der Waals surface area contributed by atoms with Crippen LogP contribution < -0.4 is 5.43 Å².